The lowest BCUT2D eigenvalue weighted by molar-refractivity contribution is 0.483. The van der Waals surface area contributed by atoms with Gasteiger partial charge in [0, 0.05) is 56.7 Å². The van der Waals surface area contributed by atoms with Crippen molar-refractivity contribution in [3.63, 3.8) is 0 Å². The first-order valence-electron chi connectivity index (χ1n) is 27.0. The number of anilines is 4. The standard InChI is InChI=1S/C71H72N4O/c1-67(2,3)51-37-38-72-66(42-51)75-62-34-23-22-33-58(62)59-36-35-57(44-63(59)75)76-56-32-24-31-54(43-56)73-47-74(55-40-52(68(4,5)6)39-53(41-55)69(7,8)48-25-16-13-17-26-48)65-46-61(71(11,12)50-29-20-15-21-30-50)60(45-64(65)73)70(9,10)49-27-18-14-19-28-49/h13-46H,47H2,1-12H3. The third-order valence-electron chi connectivity index (χ3n) is 16.5. The van der Waals surface area contributed by atoms with E-state index in [1.807, 2.05) is 6.20 Å². The second-order valence-corrected chi connectivity index (χ2v) is 24.7. The van der Waals surface area contributed by atoms with Gasteiger partial charge in [0.2, 0.25) is 0 Å². The zero-order valence-electron chi connectivity index (χ0n) is 46.5. The largest absolute Gasteiger partial charge is 0.457 e. The van der Waals surface area contributed by atoms with E-state index >= 15 is 0 Å². The monoisotopic (exact) mass is 997 g/mol. The molecule has 0 saturated carbocycles. The van der Waals surface area contributed by atoms with Crippen molar-refractivity contribution in [1.29, 1.82) is 0 Å². The first kappa shape index (κ1) is 50.3. The van der Waals surface area contributed by atoms with Crippen LogP contribution in [-0.2, 0) is 27.1 Å². The summed E-state index contributed by atoms with van der Waals surface area (Å²) in [5.74, 6) is 2.42. The van der Waals surface area contributed by atoms with Crippen molar-refractivity contribution in [2.24, 2.45) is 0 Å². The zero-order valence-corrected chi connectivity index (χ0v) is 46.5. The smallest absolute Gasteiger partial charge is 0.137 e. The minimum atomic E-state index is -0.342. The lowest BCUT2D eigenvalue weighted by Crippen LogP contribution is -2.28. The fraction of sp³-hybridized carbons (Fsp3) is 0.254. The maximum atomic E-state index is 6.97. The second-order valence-electron chi connectivity index (χ2n) is 24.7. The highest BCUT2D eigenvalue weighted by Crippen LogP contribution is 2.53. The molecule has 0 radical (unpaired) electrons. The first-order chi connectivity index (χ1) is 36.2. The van der Waals surface area contributed by atoms with E-state index in [1.165, 1.54) is 61.3 Å². The molecule has 5 heteroatoms. The van der Waals surface area contributed by atoms with Crippen molar-refractivity contribution in [3.05, 3.63) is 251 Å². The molecule has 0 fully saturated rings. The number of pyridine rings is 1. The fourth-order valence-electron chi connectivity index (χ4n) is 11.5. The molecule has 0 saturated heterocycles. The number of aromatic nitrogens is 2. The van der Waals surface area contributed by atoms with Crippen molar-refractivity contribution in [2.75, 3.05) is 16.5 Å². The van der Waals surface area contributed by atoms with Crippen LogP contribution in [0.3, 0.4) is 0 Å². The Bertz CT molecular complexity index is 3760. The van der Waals surface area contributed by atoms with Crippen LogP contribution in [0, 0.1) is 0 Å². The Morgan fingerprint density at radius 1 is 0.368 bits per heavy atom. The molecule has 0 bridgehead atoms. The Balaban J connectivity index is 1.08. The number of fused-ring (bicyclic) bond motifs is 4. The van der Waals surface area contributed by atoms with Gasteiger partial charge in [0.1, 0.15) is 24.0 Å². The summed E-state index contributed by atoms with van der Waals surface area (Å²) >= 11 is 0. The van der Waals surface area contributed by atoms with Gasteiger partial charge < -0.3 is 14.5 Å². The van der Waals surface area contributed by atoms with Crippen LogP contribution in [0.25, 0.3) is 27.6 Å². The molecule has 0 atom stereocenters. The summed E-state index contributed by atoms with van der Waals surface area (Å²) in [5, 5.41) is 2.34. The molecule has 0 aliphatic carbocycles. The van der Waals surface area contributed by atoms with Crippen molar-refractivity contribution >= 4 is 44.6 Å². The Hall–Kier alpha value is -7.89. The molecule has 1 aliphatic heterocycles. The van der Waals surface area contributed by atoms with E-state index in [-0.39, 0.29) is 27.1 Å². The number of rotatable bonds is 11. The predicted octanol–water partition coefficient (Wildman–Crippen LogP) is 18.8. The van der Waals surface area contributed by atoms with E-state index in [9.17, 15) is 0 Å². The number of ether oxygens (including phenoxy) is 1. The average Bonchev–Trinajstić information content (AvgIpc) is 3.97. The molecule has 10 aromatic rings. The normalized spacial score (nSPS) is 13.4. The molecule has 8 aromatic carbocycles. The van der Waals surface area contributed by atoms with Gasteiger partial charge in [0.05, 0.1) is 22.4 Å². The second kappa shape index (κ2) is 18.7. The fourth-order valence-corrected chi connectivity index (χ4v) is 11.5. The number of hydrogen-bond acceptors (Lipinski definition) is 4. The third-order valence-corrected chi connectivity index (χ3v) is 16.5. The first-order valence-corrected chi connectivity index (χ1v) is 27.0. The van der Waals surface area contributed by atoms with Crippen LogP contribution in [0.15, 0.2) is 206 Å². The molecule has 11 rings (SSSR count). The number of nitrogens with zero attached hydrogens (tertiary/aromatic N) is 4. The van der Waals surface area contributed by atoms with E-state index in [4.69, 9.17) is 9.72 Å². The van der Waals surface area contributed by atoms with Crippen LogP contribution < -0.4 is 14.5 Å². The van der Waals surface area contributed by atoms with Crippen LogP contribution in [0.1, 0.15) is 128 Å². The molecule has 0 amide bonds. The van der Waals surface area contributed by atoms with Gasteiger partial charge in [-0.1, -0.05) is 204 Å². The molecule has 3 heterocycles. The summed E-state index contributed by atoms with van der Waals surface area (Å²) in [6, 6.07) is 73.4. The number of para-hydroxylation sites is 1. The van der Waals surface area contributed by atoms with Crippen molar-refractivity contribution in [2.45, 2.75) is 110 Å². The summed E-state index contributed by atoms with van der Waals surface area (Å²) < 4.78 is 9.25. The van der Waals surface area contributed by atoms with Crippen molar-refractivity contribution < 1.29 is 4.74 Å². The minimum Gasteiger partial charge on any atom is -0.457 e. The molecule has 0 spiro atoms. The summed E-state index contributed by atoms with van der Waals surface area (Å²) in [6.07, 6.45) is 1.93. The molecule has 382 valence electrons. The van der Waals surface area contributed by atoms with Gasteiger partial charge in [-0.25, -0.2) is 4.98 Å². The van der Waals surface area contributed by atoms with Crippen LogP contribution in [0.5, 0.6) is 11.5 Å². The molecule has 76 heavy (non-hydrogen) atoms. The zero-order chi connectivity index (χ0) is 53.4. The Kier molecular flexibility index (Phi) is 12.4. The third kappa shape index (κ3) is 9.04. The quantitative estimate of drug-likeness (QED) is 0.129. The molecule has 5 nitrogen and oxygen atoms in total. The summed E-state index contributed by atoms with van der Waals surface area (Å²) in [7, 11) is 0. The lowest BCUT2D eigenvalue weighted by atomic mass is 9.68. The van der Waals surface area contributed by atoms with Gasteiger partial charge >= 0.3 is 0 Å². The van der Waals surface area contributed by atoms with Crippen LogP contribution in [-0.4, -0.2) is 16.2 Å². The van der Waals surface area contributed by atoms with E-state index < -0.39 is 0 Å². The topological polar surface area (TPSA) is 33.5 Å². The Morgan fingerprint density at radius 3 is 1.47 bits per heavy atom. The predicted molar refractivity (Wildman–Crippen MR) is 320 cm³/mol. The lowest BCUT2D eigenvalue weighted by Gasteiger charge is -2.37. The molecular weight excluding hydrogens is 925 g/mol. The SMILES string of the molecule is CC(C)(C)c1cc(N2CN(c3cccc(Oc4ccc5c6ccccc6n(-c6cc(C(C)(C)C)ccn6)c5c4)c3)c3cc(C(C)(C)c4ccccc4)c(C(C)(C)c4ccccc4)cc32)cc(C(C)(C)c2ccccc2)c1. The van der Waals surface area contributed by atoms with Crippen LogP contribution in [0.2, 0.25) is 0 Å². The van der Waals surface area contributed by atoms with Gasteiger partial charge in [0.15, 0.2) is 0 Å². The van der Waals surface area contributed by atoms with E-state index in [1.54, 1.807) is 0 Å². The summed E-state index contributed by atoms with van der Waals surface area (Å²) in [5.41, 5.74) is 15.9. The maximum Gasteiger partial charge on any atom is 0.137 e. The van der Waals surface area contributed by atoms with Gasteiger partial charge in [-0.3, -0.25) is 4.57 Å². The highest BCUT2D eigenvalue weighted by atomic mass is 16.5. The van der Waals surface area contributed by atoms with Crippen molar-refractivity contribution in [1.82, 2.24) is 9.55 Å². The molecule has 0 unspecified atom stereocenters. The molecule has 2 aromatic heterocycles. The molecule has 0 N–H and O–H groups in total. The molecule has 1 aliphatic rings. The highest BCUT2D eigenvalue weighted by molar-refractivity contribution is 6.09. The molecular formula is C71H72N4O. The van der Waals surface area contributed by atoms with Crippen LogP contribution >= 0.6 is 0 Å². The van der Waals surface area contributed by atoms with Gasteiger partial charge in [-0.05, 0) is 122 Å². The number of benzene rings is 8. The summed E-state index contributed by atoms with van der Waals surface area (Å²) in [6.45, 7) is 28.6. The van der Waals surface area contributed by atoms with E-state index in [0.29, 0.717) is 6.67 Å². The van der Waals surface area contributed by atoms with Crippen LogP contribution in [0.4, 0.5) is 22.7 Å². The van der Waals surface area contributed by atoms with Gasteiger partial charge in [-0.2, -0.15) is 0 Å². The van der Waals surface area contributed by atoms with E-state index in [2.05, 4.69) is 298 Å². The maximum absolute atomic E-state index is 6.97. The summed E-state index contributed by atoms with van der Waals surface area (Å²) in [4.78, 5) is 9.99. The van der Waals surface area contributed by atoms with Gasteiger partial charge in [-0.15, -0.1) is 0 Å². The van der Waals surface area contributed by atoms with Gasteiger partial charge in [0.25, 0.3) is 0 Å². The number of hydrogen-bond donors (Lipinski definition) is 0. The van der Waals surface area contributed by atoms with Crippen molar-refractivity contribution in [3.8, 4) is 17.3 Å². The minimum absolute atomic E-state index is 0.0258. The Labute approximate surface area is 451 Å². The highest BCUT2D eigenvalue weighted by Gasteiger charge is 2.39. The van der Waals surface area contributed by atoms with E-state index in [0.717, 1.165) is 45.1 Å². The Morgan fingerprint density at radius 2 is 0.882 bits per heavy atom. The average molecular weight is 997 g/mol.